The summed E-state index contributed by atoms with van der Waals surface area (Å²) >= 11 is 0. The average molecular weight is 513 g/mol. The van der Waals surface area contributed by atoms with E-state index >= 15 is 0 Å². The molecule has 8 heteroatoms. The summed E-state index contributed by atoms with van der Waals surface area (Å²) in [5.41, 5.74) is 3.43. The van der Waals surface area contributed by atoms with Crippen LogP contribution in [0.5, 0.6) is 0 Å². The number of carbonyl (C=O) groups is 2. The Bertz CT molecular complexity index is 1400. The van der Waals surface area contributed by atoms with E-state index in [1.165, 1.54) is 29.2 Å². The molecule has 0 radical (unpaired) electrons. The maximum Gasteiger partial charge on any atom is 0.269 e. The van der Waals surface area contributed by atoms with E-state index in [4.69, 9.17) is 0 Å². The molecule has 0 aliphatic rings. The second-order valence-corrected chi connectivity index (χ2v) is 9.79. The lowest BCUT2D eigenvalue weighted by Crippen LogP contribution is -2.44. The van der Waals surface area contributed by atoms with Crippen LogP contribution in [0.1, 0.15) is 35.3 Å². The van der Waals surface area contributed by atoms with Gasteiger partial charge in [0.25, 0.3) is 11.6 Å². The molecular weight excluding hydrogens is 480 g/mol. The number of hydrogen-bond acceptors (Lipinski definition) is 4. The molecule has 0 aliphatic heterocycles. The third-order valence-electron chi connectivity index (χ3n) is 6.42. The molecule has 4 aromatic rings. The van der Waals surface area contributed by atoms with Crippen molar-refractivity contribution in [2.24, 2.45) is 5.92 Å². The number of amides is 2. The molecule has 0 bridgehead atoms. The summed E-state index contributed by atoms with van der Waals surface area (Å²) in [5.74, 6) is -0.332. The normalized spacial score (nSPS) is 11.0. The Morgan fingerprint density at radius 2 is 1.61 bits per heavy atom. The van der Waals surface area contributed by atoms with Crippen LogP contribution in [0, 0.1) is 16.0 Å². The summed E-state index contributed by atoms with van der Waals surface area (Å²) in [6.07, 6.45) is 2.65. The summed E-state index contributed by atoms with van der Waals surface area (Å²) in [4.78, 5) is 44.2. The number of nitro groups is 1. The molecule has 0 fully saturated rings. The van der Waals surface area contributed by atoms with Gasteiger partial charge in [0.05, 0.1) is 4.92 Å². The first-order valence-corrected chi connectivity index (χ1v) is 12.7. The number of aromatic amines is 1. The Morgan fingerprint density at radius 3 is 2.29 bits per heavy atom. The van der Waals surface area contributed by atoms with Gasteiger partial charge < -0.3 is 14.8 Å². The summed E-state index contributed by atoms with van der Waals surface area (Å²) < 4.78 is 0. The number of nitrogens with zero attached hydrogens (tertiary/aromatic N) is 3. The molecule has 38 heavy (non-hydrogen) atoms. The fourth-order valence-corrected chi connectivity index (χ4v) is 4.52. The van der Waals surface area contributed by atoms with E-state index in [9.17, 15) is 19.7 Å². The Morgan fingerprint density at radius 1 is 0.921 bits per heavy atom. The van der Waals surface area contributed by atoms with E-state index in [-0.39, 0.29) is 30.0 Å². The van der Waals surface area contributed by atoms with Crippen molar-refractivity contribution in [3.05, 3.63) is 112 Å². The minimum absolute atomic E-state index is 0.0747. The molecule has 0 atom stereocenters. The molecule has 3 aromatic carbocycles. The van der Waals surface area contributed by atoms with Crippen LogP contribution in [0.3, 0.4) is 0 Å². The Hall–Kier alpha value is -4.46. The van der Waals surface area contributed by atoms with Crippen LogP contribution in [-0.4, -0.2) is 51.2 Å². The van der Waals surface area contributed by atoms with Crippen molar-refractivity contribution in [1.29, 1.82) is 0 Å². The van der Waals surface area contributed by atoms with Gasteiger partial charge in [-0.2, -0.15) is 0 Å². The van der Waals surface area contributed by atoms with Gasteiger partial charge in [-0.05, 0) is 41.7 Å². The zero-order chi connectivity index (χ0) is 27.1. The van der Waals surface area contributed by atoms with E-state index in [1.54, 1.807) is 4.90 Å². The summed E-state index contributed by atoms with van der Waals surface area (Å²) in [6.45, 7) is 5.22. The number of nitro benzene ring substituents is 1. The molecule has 8 nitrogen and oxygen atoms in total. The second-order valence-electron chi connectivity index (χ2n) is 9.79. The number of non-ortho nitro benzene ring substituents is 1. The fraction of sp³-hybridized carbons (Fsp3) is 0.267. The predicted molar refractivity (Wildman–Crippen MR) is 148 cm³/mol. The quantitative estimate of drug-likeness (QED) is 0.213. The Labute approximate surface area is 222 Å². The molecule has 0 saturated carbocycles. The van der Waals surface area contributed by atoms with Gasteiger partial charge in [-0.3, -0.25) is 19.7 Å². The average Bonchev–Trinajstić information content (AvgIpc) is 3.33. The Kier molecular flexibility index (Phi) is 8.53. The standard InChI is InChI=1S/C30H32N4O4/c1-22(2)19-33(30(36)24-12-14-26(15-13-24)34(37)38)21-29(35)32(20-23-8-4-3-5-9-23)17-16-25-18-31-28-11-7-6-10-27(25)28/h3-15,18,22,31H,16-17,19-21H2,1-2H3. The van der Waals surface area contributed by atoms with Gasteiger partial charge in [-0.25, -0.2) is 0 Å². The highest BCUT2D eigenvalue weighted by molar-refractivity contribution is 5.96. The largest absolute Gasteiger partial charge is 0.361 e. The first-order valence-electron chi connectivity index (χ1n) is 12.7. The van der Waals surface area contributed by atoms with Crippen molar-refractivity contribution in [3.8, 4) is 0 Å². The molecular formula is C30H32N4O4. The molecule has 0 saturated heterocycles. The number of para-hydroxylation sites is 1. The monoisotopic (exact) mass is 512 g/mol. The molecule has 196 valence electrons. The lowest BCUT2D eigenvalue weighted by Gasteiger charge is -2.29. The van der Waals surface area contributed by atoms with Gasteiger partial charge in [-0.1, -0.05) is 62.4 Å². The lowest BCUT2D eigenvalue weighted by atomic mass is 10.1. The predicted octanol–water partition coefficient (Wildman–Crippen LogP) is 5.45. The van der Waals surface area contributed by atoms with Crippen LogP contribution in [0.4, 0.5) is 5.69 Å². The number of nitrogens with one attached hydrogen (secondary N) is 1. The molecule has 1 heterocycles. The van der Waals surface area contributed by atoms with E-state index < -0.39 is 4.92 Å². The minimum atomic E-state index is -0.501. The summed E-state index contributed by atoms with van der Waals surface area (Å²) in [5, 5.41) is 12.1. The van der Waals surface area contributed by atoms with E-state index in [0.717, 1.165) is 22.0 Å². The van der Waals surface area contributed by atoms with Crippen molar-refractivity contribution >= 4 is 28.4 Å². The first-order chi connectivity index (χ1) is 18.3. The third-order valence-corrected chi connectivity index (χ3v) is 6.42. The van der Waals surface area contributed by atoms with Gasteiger partial charge in [-0.15, -0.1) is 0 Å². The molecule has 0 unspecified atom stereocenters. The highest BCUT2D eigenvalue weighted by Gasteiger charge is 2.24. The zero-order valence-corrected chi connectivity index (χ0v) is 21.7. The van der Waals surface area contributed by atoms with Crippen LogP contribution in [0.15, 0.2) is 85.1 Å². The topological polar surface area (TPSA) is 99.6 Å². The van der Waals surface area contributed by atoms with Crippen LogP contribution in [-0.2, 0) is 17.8 Å². The van der Waals surface area contributed by atoms with Gasteiger partial charge in [0.15, 0.2) is 0 Å². The fourth-order valence-electron chi connectivity index (χ4n) is 4.52. The van der Waals surface area contributed by atoms with Gasteiger partial charge in [0.1, 0.15) is 6.54 Å². The van der Waals surface area contributed by atoms with Crippen molar-refractivity contribution in [2.45, 2.75) is 26.8 Å². The van der Waals surface area contributed by atoms with Crippen LogP contribution in [0.2, 0.25) is 0 Å². The Balaban J connectivity index is 1.54. The second kappa shape index (κ2) is 12.2. The molecule has 1 aromatic heterocycles. The van der Waals surface area contributed by atoms with Crippen molar-refractivity contribution < 1.29 is 14.5 Å². The minimum Gasteiger partial charge on any atom is -0.361 e. The van der Waals surface area contributed by atoms with Gasteiger partial charge >= 0.3 is 0 Å². The number of H-pyrrole nitrogens is 1. The van der Waals surface area contributed by atoms with E-state index in [1.807, 2.05) is 68.6 Å². The molecule has 2 amide bonds. The number of rotatable bonds is 11. The molecule has 1 N–H and O–H groups in total. The van der Waals surface area contributed by atoms with E-state index in [2.05, 4.69) is 11.1 Å². The highest BCUT2D eigenvalue weighted by Crippen LogP contribution is 2.19. The van der Waals surface area contributed by atoms with Crippen molar-refractivity contribution in [3.63, 3.8) is 0 Å². The summed E-state index contributed by atoms with van der Waals surface area (Å²) in [7, 11) is 0. The van der Waals surface area contributed by atoms with Crippen LogP contribution in [0.25, 0.3) is 10.9 Å². The molecule has 0 spiro atoms. The smallest absolute Gasteiger partial charge is 0.269 e. The maximum absolute atomic E-state index is 13.7. The number of aromatic nitrogens is 1. The first kappa shape index (κ1) is 26.6. The molecule has 0 aliphatic carbocycles. The number of fused-ring (bicyclic) bond motifs is 1. The van der Waals surface area contributed by atoms with Gasteiger partial charge in [0.2, 0.25) is 5.91 Å². The van der Waals surface area contributed by atoms with Crippen LogP contribution >= 0.6 is 0 Å². The third kappa shape index (κ3) is 6.64. The van der Waals surface area contributed by atoms with Gasteiger partial charge in [0, 0.05) is 54.4 Å². The zero-order valence-electron chi connectivity index (χ0n) is 21.7. The summed E-state index contributed by atoms with van der Waals surface area (Å²) in [6, 6.07) is 23.4. The lowest BCUT2D eigenvalue weighted by molar-refractivity contribution is -0.384. The van der Waals surface area contributed by atoms with Crippen LogP contribution < -0.4 is 0 Å². The van der Waals surface area contributed by atoms with E-state index in [0.29, 0.717) is 31.6 Å². The SMILES string of the molecule is CC(C)CN(CC(=O)N(CCc1c[nH]c2ccccc12)Cc1ccccc1)C(=O)c1ccc([N+](=O)[O-])cc1. The van der Waals surface area contributed by atoms with Crippen molar-refractivity contribution in [2.75, 3.05) is 19.6 Å². The highest BCUT2D eigenvalue weighted by atomic mass is 16.6. The molecule has 4 rings (SSSR count). The number of carbonyl (C=O) groups excluding carboxylic acids is 2. The van der Waals surface area contributed by atoms with Crippen molar-refractivity contribution in [1.82, 2.24) is 14.8 Å². The number of hydrogen-bond donors (Lipinski definition) is 1. The maximum atomic E-state index is 13.7. The number of benzene rings is 3.